The molecule has 0 radical (unpaired) electrons. The molecule has 20 heavy (non-hydrogen) atoms. The first-order valence-corrected chi connectivity index (χ1v) is 7.31. The molecule has 0 spiro atoms. The van der Waals surface area contributed by atoms with E-state index in [9.17, 15) is 0 Å². The largest absolute Gasteiger partial charge is 0.495 e. The molecule has 1 aromatic heterocycles. The summed E-state index contributed by atoms with van der Waals surface area (Å²) in [6.45, 7) is 0. The Morgan fingerprint density at radius 3 is 2.90 bits per heavy atom. The Kier molecular flexibility index (Phi) is 3.90. The van der Waals surface area contributed by atoms with E-state index in [0.717, 1.165) is 22.9 Å². The van der Waals surface area contributed by atoms with E-state index in [0.29, 0.717) is 6.04 Å². The van der Waals surface area contributed by atoms with Crippen molar-refractivity contribution in [2.45, 2.75) is 38.1 Å². The second-order valence-electron chi connectivity index (χ2n) is 5.35. The Morgan fingerprint density at radius 1 is 1.30 bits per heavy atom. The number of ether oxygens (including phenoxy) is 1. The fourth-order valence-electron chi connectivity index (χ4n) is 2.72. The highest BCUT2D eigenvalue weighted by Crippen LogP contribution is 2.19. The highest BCUT2D eigenvalue weighted by Gasteiger charge is 2.13. The number of nitrogens with one attached hydrogen (secondary N) is 2. The Morgan fingerprint density at radius 2 is 2.15 bits per heavy atom. The molecule has 4 heteroatoms. The first-order chi connectivity index (χ1) is 9.85. The fourth-order valence-corrected chi connectivity index (χ4v) is 2.72. The molecule has 1 aromatic rings. The Balaban J connectivity index is 1.63. The number of hydrogen-bond acceptors (Lipinski definition) is 3. The van der Waals surface area contributed by atoms with Gasteiger partial charge in [-0.15, -0.1) is 0 Å². The summed E-state index contributed by atoms with van der Waals surface area (Å²) in [5.74, 6) is 0.828. The maximum Gasteiger partial charge on any atom is 0.136 e. The van der Waals surface area contributed by atoms with Gasteiger partial charge >= 0.3 is 0 Å². The zero-order valence-electron chi connectivity index (χ0n) is 11.9. The molecule has 0 saturated heterocycles. The molecular weight excluding hydrogens is 250 g/mol. The van der Waals surface area contributed by atoms with Gasteiger partial charge in [0.1, 0.15) is 5.75 Å². The van der Waals surface area contributed by atoms with Gasteiger partial charge in [-0.25, -0.2) is 4.99 Å². The molecule has 2 heterocycles. The highest BCUT2D eigenvalue weighted by atomic mass is 16.5. The summed E-state index contributed by atoms with van der Waals surface area (Å²) in [7, 11) is 1.67. The summed E-state index contributed by atoms with van der Waals surface area (Å²) in [5, 5.41) is 3.50. The SMILES string of the molecule is COc1c[nH]c(C2=NC(=CNC3CCCCC3)C=C2)c1. The van der Waals surface area contributed by atoms with Crippen LogP contribution in [-0.4, -0.2) is 23.8 Å². The summed E-state index contributed by atoms with van der Waals surface area (Å²) in [6.07, 6.45) is 14.6. The lowest BCUT2D eigenvalue weighted by Crippen LogP contribution is -2.26. The monoisotopic (exact) mass is 271 g/mol. The smallest absolute Gasteiger partial charge is 0.136 e. The van der Waals surface area contributed by atoms with Gasteiger partial charge in [-0.1, -0.05) is 19.3 Å². The zero-order valence-corrected chi connectivity index (χ0v) is 11.9. The van der Waals surface area contributed by atoms with Gasteiger partial charge < -0.3 is 15.0 Å². The minimum absolute atomic E-state index is 0.620. The lowest BCUT2D eigenvalue weighted by atomic mass is 9.96. The van der Waals surface area contributed by atoms with Crippen LogP contribution in [0.15, 0.2) is 41.3 Å². The van der Waals surface area contributed by atoms with Gasteiger partial charge in [-0.3, -0.25) is 0 Å². The average Bonchev–Trinajstić information content (AvgIpc) is 3.15. The third kappa shape index (κ3) is 2.95. The van der Waals surface area contributed by atoms with E-state index in [1.807, 2.05) is 30.6 Å². The lowest BCUT2D eigenvalue weighted by Gasteiger charge is -2.21. The maximum atomic E-state index is 5.17. The summed E-state index contributed by atoms with van der Waals surface area (Å²) in [6, 6.07) is 2.58. The normalized spacial score (nSPS) is 21.2. The van der Waals surface area contributed by atoms with Crippen molar-refractivity contribution in [2.75, 3.05) is 7.11 Å². The number of H-pyrrole nitrogens is 1. The number of aliphatic imine (C=N–C) groups is 1. The molecular formula is C16H21N3O. The lowest BCUT2D eigenvalue weighted by molar-refractivity contribution is 0.404. The minimum Gasteiger partial charge on any atom is -0.495 e. The molecule has 0 amide bonds. The van der Waals surface area contributed by atoms with Crippen LogP contribution in [0.1, 0.15) is 37.8 Å². The van der Waals surface area contributed by atoms with Crippen LogP contribution in [0.3, 0.4) is 0 Å². The summed E-state index contributed by atoms with van der Waals surface area (Å²) in [5.41, 5.74) is 2.92. The van der Waals surface area contributed by atoms with Crippen LogP contribution in [0.2, 0.25) is 0 Å². The number of allylic oxidation sites excluding steroid dienone is 2. The van der Waals surface area contributed by atoms with Gasteiger partial charge in [0, 0.05) is 24.5 Å². The van der Waals surface area contributed by atoms with Crippen LogP contribution in [-0.2, 0) is 0 Å². The van der Waals surface area contributed by atoms with Crippen molar-refractivity contribution in [2.24, 2.45) is 4.99 Å². The fraction of sp³-hybridized carbons (Fsp3) is 0.438. The summed E-state index contributed by atoms with van der Waals surface area (Å²) < 4.78 is 5.17. The van der Waals surface area contributed by atoms with Gasteiger partial charge in [0.05, 0.1) is 24.2 Å². The molecule has 2 N–H and O–H groups in total. The summed E-state index contributed by atoms with van der Waals surface area (Å²) in [4.78, 5) is 7.78. The van der Waals surface area contributed by atoms with Crippen molar-refractivity contribution >= 4 is 5.71 Å². The van der Waals surface area contributed by atoms with Crippen LogP contribution in [0, 0.1) is 0 Å². The van der Waals surface area contributed by atoms with E-state index in [-0.39, 0.29) is 0 Å². The number of aromatic amines is 1. The minimum atomic E-state index is 0.620. The third-order valence-electron chi connectivity index (χ3n) is 3.90. The van der Waals surface area contributed by atoms with E-state index in [1.165, 1.54) is 32.1 Å². The second kappa shape index (κ2) is 5.99. The maximum absolute atomic E-state index is 5.17. The molecule has 0 unspecified atom stereocenters. The third-order valence-corrected chi connectivity index (χ3v) is 3.90. The van der Waals surface area contributed by atoms with E-state index in [1.54, 1.807) is 7.11 Å². The van der Waals surface area contributed by atoms with Crippen molar-refractivity contribution in [1.29, 1.82) is 0 Å². The van der Waals surface area contributed by atoms with Crippen LogP contribution in [0.25, 0.3) is 0 Å². The number of nitrogens with zero attached hydrogens (tertiary/aromatic N) is 1. The van der Waals surface area contributed by atoms with Crippen LogP contribution in [0.5, 0.6) is 5.75 Å². The predicted octanol–water partition coefficient (Wildman–Crippen LogP) is 3.15. The van der Waals surface area contributed by atoms with Gasteiger partial charge in [0.25, 0.3) is 0 Å². The molecule has 4 nitrogen and oxygen atoms in total. The zero-order chi connectivity index (χ0) is 13.8. The van der Waals surface area contributed by atoms with Gasteiger partial charge in [-0.2, -0.15) is 0 Å². The predicted molar refractivity (Wildman–Crippen MR) is 81.1 cm³/mol. The summed E-state index contributed by atoms with van der Waals surface area (Å²) >= 11 is 0. The first-order valence-electron chi connectivity index (χ1n) is 7.31. The van der Waals surface area contributed by atoms with E-state index in [2.05, 4.69) is 15.3 Å². The van der Waals surface area contributed by atoms with E-state index >= 15 is 0 Å². The molecule has 1 aliphatic carbocycles. The molecule has 0 aromatic carbocycles. The molecule has 2 aliphatic rings. The molecule has 106 valence electrons. The molecule has 3 rings (SSSR count). The molecule has 1 fully saturated rings. The quantitative estimate of drug-likeness (QED) is 0.884. The Hall–Kier alpha value is -1.97. The Labute approximate surface area is 119 Å². The molecule has 0 bridgehead atoms. The molecule has 1 saturated carbocycles. The molecule has 0 atom stereocenters. The van der Waals surface area contributed by atoms with E-state index in [4.69, 9.17) is 4.74 Å². The average molecular weight is 271 g/mol. The van der Waals surface area contributed by atoms with Crippen molar-refractivity contribution in [1.82, 2.24) is 10.3 Å². The number of methoxy groups -OCH3 is 1. The van der Waals surface area contributed by atoms with Crippen LogP contribution >= 0.6 is 0 Å². The van der Waals surface area contributed by atoms with Crippen molar-refractivity contribution < 1.29 is 4.74 Å². The van der Waals surface area contributed by atoms with E-state index < -0.39 is 0 Å². The van der Waals surface area contributed by atoms with Crippen molar-refractivity contribution in [3.63, 3.8) is 0 Å². The van der Waals surface area contributed by atoms with Crippen molar-refractivity contribution in [3.8, 4) is 5.75 Å². The second-order valence-corrected chi connectivity index (χ2v) is 5.35. The van der Waals surface area contributed by atoms with Gasteiger partial charge in [0.2, 0.25) is 0 Å². The van der Waals surface area contributed by atoms with Crippen LogP contribution in [0.4, 0.5) is 0 Å². The van der Waals surface area contributed by atoms with Gasteiger partial charge in [0.15, 0.2) is 0 Å². The number of aromatic nitrogens is 1. The highest BCUT2D eigenvalue weighted by molar-refractivity contribution is 6.10. The number of hydrogen-bond donors (Lipinski definition) is 2. The molecule has 1 aliphatic heterocycles. The van der Waals surface area contributed by atoms with Crippen LogP contribution < -0.4 is 10.1 Å². The topological polar surface area (TPSA) is 49.4 Å². The van der Waals surface area contributed by atoms with Gasteiger partial charge in [-0.05, 0) is 25.0 Å². The number of rotatable bonds is 4. The Bertz CT molecular complexity index is 548. The first kappa shape index (κ1) is 13.0. The standard InChI is InChI=1S/C16H21N3O/c1-20-14-9-16(18-11-14)15-8-7-13(19-15)10-17-12-5-3-2-4-6-12/h7-12,17-18H,2-6H2,1H3. The van der Waals surface area contributed by atoms with Crippen molar-refractivity contribution in [3.05, 3.63) is 42.0 Å².